The number of nitrogens with one attached hydrogen (secondary N) is 2. The number of benzene rings is 1. The Bertz CT molecular complexity index is 666. The van der Waals surface area contributed by atoms with Crippen LogP contribution in [0.5, 0.6) is 0 Å². The van der Waals surface area contributed by atoms with Crippen LogP contribution in [0, 0.1) is 13.8 Å². The summed E-state index contributed by atoms with van der Waals surface area (Å²) in [6, 6.07) is 7.82. The second-order valence-electron chi connectivity index (χ2n) is 5.21. The zero-order valence-electron chi connectivity index (χ0n) is 13.1. The molecular weight excluding hydrogens is 316 g/mol. The molecule has 1 aromatic heterocycles. The van der Waals surface area contributed by atoms with Crippen LogP contribution in [0.3, 0.4) is 0 Å². The summed E-state index contributed by atoms with van der Waals surface area (Å²) >= 11 is 11.3. The Hall–Kier alpha value is -1.59. The molecule has 118 valence electrons. The highest BCUT2D eigenvalue weighted by atomic mass is 35.5. The number of aryl methyl sites for hydroxylation is 1. The molecule has 6 heteroatoms. The first-order valence-corrected chi connectivity index (χ1v) is 8.13. The number of halogens is 1. The number of hydrogen-bond donors (Lipinski definition) is 2. The fourth-order valence-electron chi connectivity index (χ4n) is 2.24. The third kappa shape index (κ3) is 4.21. The van der Waals surface area contributed by atoms with E-state index in [4.69, 9.17) is 23.8 Å². The normalized spacial score (nSPS) is 10.5. The van der Waals surface area contributed by atoms with Gasteiger partial charge in [0.05, 0.1) is 23.6 Å². The summed E-state index contributed by atoms with van der Waals surface area (Å²) in [5.41, 5.74) is 4.07. The van der Waals surface area contributed by atoms with E-state index in [0.29, 0.717) is 11.7 Å². The minimum absolute atomic E-state index is 0.635. The largest absolute Gasteiger partial charge is 0.362 e. The lowest BCUT2D eigenvalue weighted by Crippen LogP contribution is -2.29. The van der Waals surface area contributed by atoms with Crippen molar-refractivity contribution in [3.63, 3.8) is 0 Å². The van der Waals surface area contributed by atoms with Crippen molar-refractivity contribution in [2.75, 3.05) is 11.9 Å². The SMILES string of the molecule is CCCNC(=S)Nc1c(C)nn(Cc2cccc(Cl)c2)c1C. The molecule has 1 aromatic carbocycles. The van der Waals surface area contributed by atoms with Crippen molar-refractivity contribution in [3.8, 4) is 0 Å². The van der Waals surface area contributed by atoms with Gasteiger partial charge in [-0.15, -0.1) is 0 Å². The Kier molecular flexibility index (Phi) is 5.80. The first-order valence-electron chi connectivity index (χ1n) is 7.34. The smallest absolute Gasteiger partial charge is 0.170 e. The fraction of sp³-hybridized carbons (Fsp3) is 0.375. The predicted octanol–water partition coefficient (Wildman–Crippen LogP) is 3.90. The Morgan fingerprint density at radius 2 is 2.14 bits per heavy atom. The lowest BCUT2D eigenvalue weighted by Gasteiger charge is -2.10. The minimum Gasteiger partial charge on any atom is -0.362 e. The Labute approximate surface area is 141 Å². The maximum absolute atomic E-state index is 6.04. The van der Waals surface area contributed by atoms with Crippen molar-refractivity contribution in [2.45, 2.75) is 33.7 Å². The molecule has 22 heavy (non-hydrogen) atoms. The van der Waals surface area contributed by atoms with Gasteiger partial charge in [-0.3, -0.25) is 4.68 Å². The number of anilines is 1. The van der Waals surface area contributed by atoms with E-state index in [1.165, 1.54) is 0 Å². The van der Waals surface area contributed by atoms with E-state index in [1.807, 2.05) is 42.8 Å². The Balaban J connectivity index is 2.14. The van der Waals surface area contributed by atoms with Gasteiger partial charge < -0.3 is 10.6 Å². The highest BCUT2D eigenvalue weighted by Gasteiger charge is 2.13. The third-order valence-electron chi connectivity index (χ3n) is 3.38. The zero-order chi connectivity index (χ0) is 16.1. The standard InChI is InChI=1S/C16H21ClN4S/c1-4-8-18-16(22)19-15-11(2)20-21(12(15)3)10-13-6-5-7-14(17)9-13/h5-7,9H,4,8,10H2,1-3H3,(H2,18,19,22). The summed E-state index contributed by atoms with van der Waals surface area (Å²) in [6.07, 6.45) is 1.04. The molecule has 2 aromatic rings. The van der Waals surface area contributed by atoms with E-state index < -0.39 is 0 Å². The summed E-state index contributed by atoms with van der Waals surface area (Å²) in [5.74, 6) is 0. The molecule has 0 unspecified atom stereocenters. The van der Waals surface area contributed by atoms with Crippen molar-refractivity contribution < 1.29 is 0 Å². The van der Waals surface area contributed by atoms with Gasteiger partial charge in [-0.2, -0.15) is 5.10 Å². The van der Waals surface area contributed by atoms with Crippen molar-refractivity contribution in [2.24, 2.45) is 0 Å². The van der Waals surface area contributed by atoms with Crippen molar-refractivity contribution in [3.05, 3.63) is 46.2 Å². The van der Waals surface area contributed by atoms with E-state index in [1.54, 1.807) is 0 Å². The van der Waals surface area contributed by atoms with Crippen LogP contribution in [0.4, 0.5) is 5.69 Å². The van der Waals surface area contributed by atoms with E-state index in [9.17, 15) is 0 Å². The number of aromatic nitrogens is 2. The molecule has 0 amide bonds. The molecule has 0 fully saturated rings. The van der Waals surface area contributed by atoms with Gasteiger partial charge in [0.15, 0.2) is 5.11 Å². The molecule has 0 spiro atoms. The van der Waals surface area contributed by atoms with Gasteiger partial charge in [-0.25, -0.2) is 0 Å². The van der Waals surface area contributed by atoms with Gasteiger partial charge in [0.2, 0.25) is 0 Å². The minimum atomic E-state index is 0.635. The van der Waals surface area contributed by atoms with Crippen LogP contribution in [0.15, 0.2) is 24.3 Å². The highest BCUT2D eigenvalue weighted by molar-refractivity contribution is 7.80. The van der Waals surface area contributed by atoms with Crippen molar-refractivity contribution in [1.29, 1.82) is 0 Å². The number of thiocarbonyl (C=S) groups is 1. The van der Waals surface area contributed by atoms with Gasteiger partial charge in [0, 0.05) is 11.6 Å². The van der Waals surface area contributed by atoms with Gasteiger partial charge in [-0.1, -0.05) is 30.7 Å². The van der Waals surface area contributed by atoms with Gasteiger partial charge in [0.1, 0.15) is 0 Å². The quantitative estimate of drug-likeness (QED) is 0.813. The molecule has 2 N–H and O–H groups in total. The molecule has 0 aliphatic heterocycles. The average molecular weight is 337 g/mol. The fourth-order valence-corrected chi connectivity index (χ4v) is 2.65. The van der Waals surface area contributed by atoms with Gasteiger partial charge in [0.25, 0.3) is 0 Å². The lowest BCUT2D eigenvalue weighted by molar-refractivity contribution is 0.659. The molecule has 0 saturated carbocycles. The average Bonchev–Trinajstić information content (AvgIpc) is 2.73. The second-order valence-corrected chi connectivity index (χ2v) is 6.06. The first-order chi connectivity index (χ1) is 10.5. The summed E-state index contributed by atoms with van der Waals surface area (Å²) < 4.78 is 1.96. The monoisotopic (exact) mass is 336 g/mol. The maximum atomic E-state index is 6.04. The Morgan fingerprint density at radius 1 is 1.36 bits per heavy atom. The van der Waals surface area contributed by atoms with Crippen LogP contribution < -0.4 is 10.6 Å². The van der Waals surface area contributed by atoms with Crippen molar-refractivity contribution >= 4 is 34.6 Å². The molecular formula is C16H21ClN4S. The Morgan fingerprint density at radius 3 is 2.82 bits per heavy atom. The molecule has 0 bridgehead atoms. The molecule has 0 radical (unpaired) electrons. The summed E-state index contributed by atoms with van der Waals surface area (Å²) in [6.45, 7) is 7.67. The molecule has 0 atom stereocenters. The molecule has 0 aliphatic carbocycles. The number of nitrogens with zero attached hydrogens (tertiary/aromatic N) is 2. The molecule has 1 heterocycles. The third-order valence-corrected chi connectivity index (χ3v) is 3.86. The molecule has 0 saturated heterocycles. The topological polar surface area (TPSA) is 41.9 Å². The van der Waals surface area contributed by atoms with Crippen LogP contribution >= 0.6 is 23.8 Å². The second kappa shape index (κ2) is 7.61. The van der Waals surface area contributed by atoms with Crippen LogP contribution in [0.1, 0.15) is 30.3 Å². The summed E-state index contributed by atoms with van der Waals surface area (Å²) in [4.78, 5) is 0. The van der Waals surface area contributed by atoms with Gasteiger partial charge >= 0.3 is 0 Å². The molecule has 4 nitrogen and oxygen atoms in total. The highest BCUT2D eigenvalue weighted by Crippen LogP contribution is 2.21. The zero-order valence-corrected chi connectivity index (χ0v) is 14.7. The maximum Gasteiger partial charge on any atom is 0.170 e. The molecule has 0 aliphatic rings. The predicted molar refractivity (Wildman–Crippen MR) is 96.8 cm³/mol. The van der Waals surface area contributed by atoms with Crippen LogP contribution in [-0.4, -0.2) is 21.4 Å². The number of rotatable bonds is 5. The number of hydrogen-bond acceptors (Lipinski definition) is 2. The van der Waals surface area contributed by atoms with Crippen LogP contribution in [0.25, 0.3) is 0 Å². The van der Waals surface area contributed by atoms with E-state index in [2.05, 4.69) is 22.7 Å². The summed E-state index contributed by atoms with van der Waals surface area (Å²) in [5, 5.41) is 12.4. The molecule has 2 rings (SSSR count). The van der Waals surface area contributed by atoms with Crippen molar-refractivity contribution in [1.82, 2.24) is 15.1 Å². The van der Waals surface area contributed by atoms with Crippen LogP contribution in [-0.2, 0) is 6.54 Å². The van der Waals surface area contributed by atoms with E-state index in [0.717, 1.165) is 40.6 Å². The van der Waals surface area contributed by atoms with Gasteiger partial charge in [-0.05, 0) is 50.2 Å². The summed E-state index contributed by atoms with van der Waals surface area (Å²) in [7, 11) is 0. The first kappa shape index (κ1) is 16.8. The lowest BCUT2D eigenvalue weighted by atomic mass is 10.2. The van der Waals surface area contributed by atoms with Crippen LogP contribution in [0.2, 0.25) is 5.02 Å². The van der Waals surface area contributed by atoms with E-state index >= 15 is 0 Å². The van der Waals surface area contributed by atoms with E-state index in [-0.39, 0.29) is 0 Å².